The predicted molar refractivity (Wildman–Crippen MR) is 44.3 cm³/mol. The Morgan fingerprint density at radius 3 is 2.00 bits per heavy atom. The molecule has 0 aromatic heterocycles. The van der Waals surface area contributed by atoms with E-state index in [1.807, 2.05) is 13.8 Å². The van der Waals surface area contributed by atoms with Gasteiger partial charge in [0.1, 0.15) is 6.29 Å². The van der Waals surface area contributed by atoms with Crippen LogP contribution in [0.3, 0.4) is 0 Å². The van der Waals surface area contributed by atoms with E-state index in [9.17, 15) is 9.59 Å². The number of hydrogen-bond donors (Lipinski definition) is 0. The lowest BCUT2D eigenvalue weighted by molar-refractivity contribution is -0.111. The topological polar surface area (TPSA) is 34.1 Å². The van der Waals surface area contributed by atoms with Crippen molar-refractivity contribution >= 4 is 12.1 Å². The average molecular weight is 152 g/mol. The first-order valence-corrected chi connectivity index (χ1v) is 3.38. The molecule has 0 radical (unpaired) electrons. The molecule has 0 aromatic carbocycles. The fraction of sp³-hybridized carbons (Fsp3) is 0.333. The Morgan fingerprint density at radius 1 is 1.09 bits per heavy atom. The molecule has 0 unspecified atom stereocenters. The van der Waals surface area contributed by atoms with E-state index in [4.69, 9.17) is 0 Å². The second-order valence-electron chi connectivity index (χ2n) is 2.63. The first kappa shape index (κ1) is 9.82. The van der Waals surface area contributed by atoms with Gasteiger partial charge in [0.25, 0.3) is 0 Å². The van der Waals surface area contributed by atoms with Gasteiger partial charge in [-0.1, -0.05) is 5.57 Å². The third-order valence-electron chi connectivity index (χ3n) is 0.987. The zero-order chi connectivity index (χ0) is 8.85. The van der Waals surface area contributed by atoms with Crippen molar-refractivity contribution in [1.82, 2.24) is 0 Å². The minimum atomic E-state index is -0.130. The number of carbonyl (C=O) groups excluding carboxylic acids is 2. The molecule has 0 aromatic rings. The molecule has 2 heteroatoms. The fourth-order valence-electron chi connectivity index (χ4n) is 0.585. The lowest BCUT2D eigenvalue weighted by Crippen LogP contribution is -1.89. The molecule has 0 fully saturated rings. The number of allylic oxidation sites excluding steroid dienone is 4. The number of hydrogen-bond acceptors (Lipinski definition) is 2. The molecule has 0 aliphatic rings. The van der Waals surface area contributed by atoms with Gasteiger partial charge in [-0.3, -0.25) is 9.59 Å². The van der Waals surface area contributed by atoms with Crippen molar-refractivity contribution in [3.8, 4) is 0 Å². The van der Waals surface area contributed by atoms with E-state index < -0.39 is 0 Å². The lowest BCUT2D eigenvalue weighted by atomic mass is 10.2. The van der Waals surface area contributed by atoms with Crippen LogP contribution in [0.4, 0.5) is 0 Å². The first-order chi connectivity index (χ1) is 5.06. The van der Waals surface area contributed by atoms with Gasteiger partial charge in [-0.25, -0.2) is 0 Å². The van der Waals surface area contributed by atoms with E-state index in [0.29, 0.717) is 11.9 Å². The van der Waals surface area contributed by atoms with Crippen LogP contribution in [0.25, 0.3) is 0 Å². The molecule has 0 amide bonds. The van der Waals surface area contributed by atoms with Crippen LogP contribution in [0, 0.1) is 0 Å². The fourth-order valence-corrected chi connectivity index (χ4v) is 0.585. The largest absolute Gasteiger partial charge is 0.298 e. The number of aldehydes is 1. The monoisotopic (exact) mass is 152 g/mol. The smallest absolute Gasteiger partial charge is 0.178 e. The van der Waals surface area contributed by atoms with Crippen LogP contribution < -0.4 is 0 Å². The Kier molecular flexibility index (Phi) is 4.11. The van der Waals surface area contributed by atoms with E-state index in [2.05, 4.69) is 0 Å². The SMILES string of the molecule is CC(C)=CC(=O)C=C(C)C=O. The highest BCUT2D eigenvalue weighted by Gasteiger charge is 1.92. The highest BCUT2D eigenvalue weighted by molar-refractivity contribution is 6.02. The highest BCUT2D eigenvalue weighted by Crippen LogP contribution is 1.93. The molecule has 11 heavy (non-hydrogen) atoms. The van der Waals surface area contributed by atoms with E-state index >= 15 is 0 Å². The summed E-state index contributed by atoms with van der Waals surface area (Å²) in [4.78, 5) is 21.0. The van der Waals surface area contributed by atoms with Crippen LogP contribution in [0.15, 0.2) is 23.3 Å². The summed E-state index contributed by atoms with van der Waals surface area (Å²) in [6, 6.07) is 0. The van der Waals surface area contributed by atoms with E-state index in [1.165, 1.54) is 12.2 Å². The molecule has 0 aliphatic heterocycles. The van der Waals surface area contributed by atoms with Crippen LogP contribution in [-0.4, -0.2) is 12.1 Å². The molecule has 0 aliphatic carbocycles. The first-order valence-electron chi connectivity index (χ1n) is 3.38. The zero-order valence-corrected chi connectivity index (χ0v) is 7.05. The van der Waals surface area contributed by atoms with Crippen LogP contribution in [0.1, 0.15) is 20.8 Å². The molecule has 0 heterocycles. The Balaban J connectivity index is 4.30. The maximum Gasteiger partial charge on any atom is 0.178 e. The average Bonchev–Trinajstić information content (AvgIpc) is 1.85. The van der Waals surface area contributed by atoms with Gasteiger partial charge in [-0.15, -0.1) is 0 Å². The summed E-state index contributed by atoms with van der Waals surface area (Å²) in [5.74, 6) is -0.130. The summed E-state index contributed by atoms with van der Waals surface area (Å²) in [7, 11) is 0. The third-order valence-corrected chi connectivity index (χ3v) is 0.987. The van der Waals surface area contributed by atoms with Gasteiger partial charge in [0, 0.05) is 0 Å². The van der Waals surface area contributed by atoms with Gasteiger partial charge in [-0.2, -0.15) is 0 Å². The molecule has 0 saturated carbocycles. The molecular formula is C9H12O2. The second-order valence-corrected chi connectivity index (χ2v) is 2.63. The summed E-state index contributed by atoms with van der Waals surface area (Å²) in [5.41, 5.74) is 1.39. The summed E-state index contributed by atoms with van der Waals surface area (Å²) in [6.45, 7) is 5.27. The van der Waals surface area contributed by atoms with Gasteiger partial charge in [-0.05, 0) is 38.5 Å². The maximum atomic E-state index is 10.9. The zero-order valence-electron chi connectivity index (χ0n) is 7.05. The third kappa shape index (κ3) is 5.27. The van der Waals surface area contributed by atoms with Crippen LogP contribution in [0.5, 0.6) is 0 Å². The van der Waals surface area contributed by atoms with E-state index in [-0.39, 0.29) is 5.78 Å². The summed E-state index contributed by atoms with van der Waals surface area (Å²) in [6.07, 6.45) is 3.48. The van der Waals surface area contributed by atoms with Gasteiger partial charge >= 0.3 is 0 Å². The lowest BCUT2D eigenvalue weighted by Gasteiger charge is -1.87. The van der Waals surface area contributed by atoms with Crippen molar-refractivity contribution in [2.45, 2.75) is 20.8 Å². The van der Waals surface area contributed by atoms with E-state index in [1.54, 1.807) is 6.92 Å². The predicted octanol–water partition coefficient (Wildman–Crippen LogP) is 1.67. The molecule has 2 nitrogen and oxygen atoms in total. The number of rotatable bonds is 3. The van der Waals surface area contributed by atoms with Crippen molar-refractivity contribution in [2.24, 2.45) is 0 Å². The highest BCUT2D eigenvalue weighted by atomic mass is 16.1. The molecule has 0 N–H and O–H groups in total. The van der Waals surface area contributed by atoms with Crippen molar-refractivity contribution in [3.63, 3.8) is 0 Å². The molecule has 0 spiro atoms. The van der Waals surface area contributed by atoms with Gasteiger partial charge in [0.15, 0.2) is 5.78 Å². The van der Waals surface area contributed by atoms with Crippen LogP contribution >= 0.6 is 0 Å². The molecule has 0 saturated heterocycles. The Labute approximate surface area is 66.6 Å². The Hall–Kier alpha value is -1.18. The van der Waals surface area contributed by atoms with Crippen LogP contribution in [-0.2, 0) is 9.59 Å². The number of carbonyl (C=O) groups is 2. The quantitative estimate of drug-likeness (QED) is 0.455. The summed E-state index contributed by atoms with van der Waals surface area (Å²) in [5, 5.41) is 0. The van der Waals surface area contributed by atoms with Gasteiger partial charge in [0.2, 0.25) is 0 Å². The van der Waals surface area contributed by atoms with Gasteiger partial charge in [0.05, 0.1) is 0 Å². The minimum absolute atomic E-state index is 0.130. The van der Waals surface area contributed by atoms with Gasteiger partial charge < -0.3 is 0 Å². The summed E-state index contributed by atoms with van der Waals surface area (Å²) < 4.78 is 0. The van der Waals surface area contributed by atoms with Crippen molar-refractivity contribution in [3.05, 3.63) is 23.3 Å². The maximum absolute atomic E-state index is 10.9. The van der Waals surface area contributed by atoms with Crippen molar-refractivity contribution in [1.29, 1.82) is 0 Å². The molecule has 0 rings (SSSR count). The Morgan fingerprint density at radius 2 is 1.64 bits per heavy atom. The Bertz CT molecular complexity index is 218. The molecule has 0 bridgehead atoms. The van der Waals surface area contributed by atoms with Crippen molar-refractivity contribution < 1.29 is 9.59 Å². The number of ketones is 1. The standard InChI is InChI=1S/C9H12O2/c1-7(2)4-9(11)5-8(3)6-10/h4-6H,1-3H3. The second kappa shape index (κ2) is 4.61. The molecular weight excluding hydrogens is 140 g/mol. The summed E-state index contributed by atoms with van der Waals surface area (Å²) >= 11 is 0. The normalized spacial score (nSPS) is 10.6. The van der Waals surface area contributed by atoms with Crippen LogP contribution in [0.2, 0.25) is 0 Å². The van der Waals surface area contributed by atoms with Crippen molar-refractivity contribution in [2.75, 3.05) is 0 Å². The molecule has 0 atom stereocenters. The molecule has 60 valence electrons. The van der Waals surface area contributed by atoms with E-state index in [0.717, 1.165) is 5.57 Å². The minimum Gasteiger partial charge on any atom is -0.298 e.